The van der Waals surface area contributed by atoms with E-state index in [1.165, 1.54) is 19.9 Å². The molecule has 0 aromatic heterocycles. The first-order valence-electron chi connectivity index (χ1n) is 4.79. The number of halogens is 1. The van der Waals surface area contributed by atoms with Gasteiger partial charge in [-0.1, -0.05) is 6.92 Å². The van der Waals surface area contributed by atoms with Crippen LogP contribution >= 0.6 is 0 Å². The fraction of sp³-hybridized carbons (Fsp3) is 0.364. The van der Waals surface area contributed by atoms with E-state index >= 15 is 0 Å². The predicted molar refractivity (Wildman–Crippen MR) is 57.3 cm³/mol. The molecule has 1 aromatic carbocycles. The van der Waals surface area contributed by atoms with Crippen molar-refractivity contribution in [2.45, 2.75) is 25.2 Å². The minimum absolute atomic E-state index is 0.0619. The van der Waals surface area contributed by atoms with E-state index in [0.717, 1.165) is 6.07 Å². The third-order valence-electron chi connectivity index (χ3n) is 2.15. The molecular weight excluding hydrogens is 231 g/mol. The van der Waals surface area contributed by atoms with Crippen LogP contribution in [0.3, 0.4) is 0 Å². The van der Waals surface area contributed by atoms with Crippen molar-refractivity contribution in [1.29, 1.82) is 0 Å². The molecule has 1 rings (SSSR count). The molecule has 0 fully saturated rings. The summed E-state index contributed by atoms with van der Waals surface area (Å²) in [5, 5.41) is 0. The largest absolute Gasteiger partial charge is 0.300 e. The second kappa shape index (κ2) is 4.74. The standard InChI is InChI=1S/C11H12FO3S/c1-3-16(14,15)11-6-4-5-10(12)9(11)7-8(2)13/h5-6H,3,7H2,1-2H3. The van der Waals surface area contributed by atoms with Gasteiger partial charge in [0, 0.05) is 12.0 Å². The van der Waals surface area contributed by atoms with Crippen LogP contribution in [0.4, 0.5) is 4.39 Å². The van der Waals surface area contributed by atoms with E-state index in [-0.39, 0.29) is 28.4 Å². The maximum absolute atomic E-state index is 13.4. The third-order valence-corrected chi connectivity index (χ3v) is 3.95. The summed E-state index contributed by atoms with van der Waals surface area (Å²) >= 11 is 0. The number of carbonyl (C=O) groups excluding carboxylic acids is 1. The zero-order valence-corrected chi connectivity index (χ0v) is 9.90. The fourth-order valence-corrected chi connectivity index (χ4v) is 2.44. The number of hydrogen-bond acceptors (Lipinski definition) is 3. The van der Waals surface area contributed by atoms with Crippen LogP contribution in [-0.4, -0.2) is 20.0 Å². The molecule has 1 aromatic rings. The van der Waals surface area contributed by atoms with E-state index in [1.807, 2.05) is 0 Å². The highest BCUT2D eigenvalue weighted by atomic mass is 32.2. The van der Waals surface area contributed by atoms with Crippen LogP contribution < -0.4 is 0 Å². The molecule has 3 nitrogen and oxygen atoms in total. The summed E-state index contributed by atoms with van der Waals surface area (Å²) in [6.45, 7) is 2.76. The lowest BCUT2D eigenvalue weighted by Crippen LogP contribution is -2.11. The Hall–Kier alpha value is -1.23. The average Bonchev–Trinajstić information content (AvgIpc) is 2.20. The minimum Gasteiger partial charge on any atom is -0.300 e. The normalized spacial score (nSPS) is 11.4. The quantitative estimate of drug-likeness (QED) is 0.806. The molecule has 1 radical (unpaired) electrons. The van der Waals surface area contributed by atoms with Crippen LogP contribution in [0.2, 0.25) is 0 Å². The summed E-state index contributed by atoms with van der Waals surface area (Å²) in [5.41, 5.74) is -0.0619. The average molecular weight is 243 g/mol. The minimum atomic E-state index is -3.52. The molecule has 0 heterocycles. The molecule has 0 spiro atoms. The van der Waals surface area contributed by atoms with Crippen LogP contribution in [0.25, 0.3) is 0 Å². The Balaban J connectivity index is 3.40. The molecule has 0 N–H and O–H groups in total. The van der Waals surface area contributed by atoms with Crippen molar-refractivity contribution in [1.82, 2.24) is 0 Å². The summed E-state index contributed by atoms with van der Waals surface area (Å²) < 4.78 is 36.7. The number of rotatable bonds is 4. The number of carbonyl (C=O) groups is 1. The third kappa shape index (κ3) is 2.66. The van der Waals surface area contributed by atoms with Gasteiger partial charge in [0.2, 0.25) is 0 Å². The van der Waals surface area contributed by atoms with Gasteiger partial charge in [0.25, 0.3) is 0 Å². The second-order valence-electron chi connectivity index (χ2n) is 3.43. The number of benzene rings is 1. The van der Waals surface area contributed by atoms with E-state index in [0.29, 0.717) is 0 Å². The lowest BCUT2D eigenvalue weighted by molar-refractivity contribution is -0.116. The summed E-state index contributed by atoms with van der Waals surface area (Å²) in [6.07, 6.45) is -0.213. The van der Waals surface area contributed by atoms with E-state index in [9.17, 15) is 17.6 Å². The van der Waals surface area contributed by atoms with Crippen molar-refractivity contribution in [3.05, 3.63) is 29.6 Å². The smallest absolute Gasteiger partial charge is 0.178 e. The monoisotopic (exact) mass is 243 g/mol. The number of ketones is 1. The highest BCUT2D eigenvalue weighted by molar-refractivity contribution is 7.91. The zero-order chi connectivity index (χ0) is 12.3. The number of hydrogen-bond donors (Lipinski definition) is 0. The first-order chi connectivity index (χ1) is 7.38. The number of Topliss-reactive ketones (excluding diaryl/α,β-unsaturated/α-hetero) is 1. The van der Waals surface area contributed by atoms with Crippen LogP contribution in [0, 0.1) is 11.9 Å². The Bertz CT molecular complexity index is 506. The van der Waals surface area contributed by atoms with Gasteiger partial charge in [-0.2, -0.15) is 0 Å². The molecule has 0 bridgehead atoms. The SMILES string of the molecule is CCS(=O)(=O)c1c[c]cc(F)c1CC(C)=O. The second-order valence-corrected chi connectivity index (χ2v) is 5.67. The molecular formula is C11H12FO3S. The van der Waals surface area contributed by atoms with Crippen LogP contribution in [0.5, 0.6) is 0 Å². The van der Waals surface area contributed by atoms with Crippen molar-refractivity contribution in [3.8, 4) is 0 Å². The molecule has 16 heavy (non-hydrogen) atoms. The lowest BCUT2D eigenvalue weighted by Gasteiger charge is -2.08. The van der Waals surface area contributed by atoms with E-state index in [1.54, 1.807) is 0 Å². The van der Waals surface area contributed by atoms with Gasteiger partial charge in [0.05, 0.1) is 10.6 Å². The molecule has 87 valence electrons. The summed E-state index contributed by atoms with van der Waals surface area (Å²) in [7, 11) is -3.52. The Morgan fingerprint density at radius 3 is 2.56 bits per heavy atom. The molecule has 0 aliphatic heterocycles. The predicted octanol–water partition coefficient (Wildman–Crippen LogP) is 1.55. The van der Waals surface area contributed by atoms with Gasteiger partial charge in [-0.15, -0.1) is 0 Å². The lowest BCUT2D eigenvalue weighted by atomic mass is 10.1. The first kappa shape index (κ1) is 12.8. The number of sulfone groups is 1. The topological polar surface area (TPSA) is 51.2 Å². The summed E-state index contributed by atoms with van der Waals surface area (Å²) in [5.74, 6) is -1.11. The molecule has 0 saturated heterocycles. The molecule has 0 aliphatic rings. The Kier molecular flexibility index (Phi) is 3.80. The Labute approximate surface area is 94.2 Å². The van der Waals surface area contributed by atoms with Crippen molar-refractivity contribution in [3.63, 3.8) is 0 Å². The maximum atomic E-state index is 13.4. The fourth-order valence-electron chi connectivity index (χ4n) is 1.34. The molecule has 0 saturated carbocycles. The van der Waals surface area contributed by atoms with Gasteiger partial charge in [-0.3, -0.25) is 4.79 Å². The molecule has 0 amide bonds. The van der Waals surface area contributed by atoms with Crippen molar-refractivity contribution >= 4 is 15.6 Å². The maximum Gasteiger partial charge on any atom is 0.178 e. The zero-order valence-electron chi connectivity index (χ0n) is 9.08. The van der Waals surface area contributed by atoms with E-state index in [2.05, 4.69) is 6.07 Å². The molecule has 0 unspecified atom stereocenters. The van der Waals surface area contributed by atoms with Crippen molar-refractivity contribution < 1.29 is 17.6 Å². The van der Waals surface area contributed by atoms with Crippen molar-refractivity contribution in [2.75, 3.05) is 5.75 Å². The van der Waals surface area contributed by atoms with Gasteiger partial charge in [-0.05, 0) is 25.1 Å². The highest BCUT2D eigenvalue weighted by Crippen LogP contribution is 2.20. The van der Waals surface area contributed by atoms with Gasteiger partial charge >= 0.3 is 0 Å². The van der Waals surface area contributed by atoms with Crippen LogP contribution in [0.1, 0.15) is 19.4 Å². The van der Waals surface area contributed by atoms with Gasteiger partial charge in [-0.25, -0.2) is 12.8 Å². The van der Waals surface area contributed by atoms with Gasteiger partial charge < -0.3 is 0 Å². The van der Waals surface area contributed by atoms with E-state index in [4.69, 9.17) is 0 Å². The van der Waals surface area contributed by atoms with Crippen LogP contribution in [-0.2, 0) is 21.1 Å². The van der Waals surface area contributed by atoms with E-state index < -0.39 is 15.7 Å². The van der Waals surface area contributed by atoms with Crippen molar-refractivity contribution in [2.24, 2.45) is 0 Å². The summed E-state index contributed by atoms with van der Waals surface area (Å²) in [6, 6.07) is 4.66. The molecule has 5 heteroatoms. The molecule has 0 atom stereocenters. The Morgan fingerprint density at radius 1 is 1.44 bits per heavy atom. The van der Waals surface area contributed by atoms with Crippen LogP contribution in [0.15, 0.2) is 17.0 Å². The summed E-state index contributed by atoms with van der Waals surface area (Å²) in [4.78, 5) is 10.8. The Morgan fingerprint density at radius 2 is 2.06 bits per heavy atom. The van der Waals surface area contributed by atoms with Gasteiger partial charge in [0.15, 0.2) is 9.84 Å². The first-order valence-corrected chi connectivity index (χ1v) is 6.44. The van der Waals surface area contributed by atoms with Gasteiger partial charge in [0.1, 0.15) is 11.6 Å². The highest BCUT2D eigenvalue weighted by Gasteiger charge is 2.20. The molecule has 0 aliphatic carbocycles.